The van der Waals surface area contributed by atoms with Crippen LogP contribution < -0.4 is 5.32 Å². The Kier molecular flexibility index (Phi) is 7.84. The summed E-state index contributed by atoms with van der Waals surface area (Å²) in [7, 11) is 0. The minimum atomic E-state index is -4.66. The molecule has 5 aromatic rings. The maximum Gasteiger partial charge on any atom is 0.416 e. The Morgan fingerprint density at radius 1 is 0.930 bits per heavy atom. The van der Waals surface area contributed by atoms with Crippen molar-refractivity contribution in [2.75, 3.05) is 0 Å². The number of hydrogen-bond acceptors (Lipinski definition) is 2. The van der Waals surface area contributed by atoms with E-state index >= 15 is 0 Å². The summed E-state index contributed by atoms with van der Waals surface area (Å²) in [5, 5.41) is 13.1. The van der Waals surface area contributed by atoms with Crippen molar-refractivity contribution in [3.63, 3.8) is 0 Å². The first-order chi connectivity index (χ1) is 20.3. The van der Waals surface area contributed by atoms with Gasteiger partial charge in [0.15, 0.2) is 0 Å². The van der Waals surface area contributed by atoms with E-state index in [-0.39, 0.29) is 11.1 Å². The van der Waals surface area contributed by atoms with Crippen molar-refractivity contribution in [2.45, 2.75) is 39.5 Å². The summed E-state index contributed by atoms with van der Waals surface area (Å²) in [5.74, 6) is -2.50. The maximum absolute atomic E-state index is 14.5. The van der Waals surface area contributed by atoms with Gasteiger partial charge < -0.3 is 15.0 Å². The van der Waals surface area contributed by atoms with Crippen molar-refractivity contribution in [3.8, 4) is 11.1 Å². The number of hydrogen-bond donors (Lipinski definition) is 2. The van der Waals surface area contributed by atoms with Crippen LogP contribution in [0.2, 0.25) is 0 Å². The van der Waals surface area contributed by atoms with Crippen molar-refractivity contribution in [3.05, 3.63) is 130 Å². The fourth-order valence-electron chi connectivity index (χ4n) is 5.30. The first-order valence-electron chi connectivity index (χ1n) is 13.5. The predicted octanol–water partition coefficient (Wildman–Crippen LogP) is 8.32. The summed E-state index contributed by atoms with van der Waals surface area (Å²) >= 11 is 0. The zero-order valence-corrected chi connectivity index (χ0v) is 23.6. The molecule has 0 aliphatic rings. The smallest absolute Gasteiger partial charge is 0.416 e. The summed E-state index contributed by atoms with van der Waals surface area (Å²) < 4.78 is 55.3. The number of fused-ring (bicyclic) bond motifs is 1. The lowest BCUT2D eigenvalue weighted by Crippen LogP contribution is -2.27. The number of nitrogens with one attached hydrogen (secondary N) is 1. The third kappa shape index (κ3) is 5.88. The van der Waals surface area contributed by atoms with Gasteiger partial charge in [-0.1, -0.05) is 48.5 Å². The molecule has 1 amide bonds. The van der Waals surface area contributed by atoms with Gasteiger partial charge in [0, 0.05) is 34.3 Å². The predicted molar refractivity (Wildman–Crippen MR) is 157 cm³/mol. The normalized spacial score (nSPS) is 12.3. The highest BCUT2D eigenvalue weighted by molar-refractivity contribution is 5.99. The van der Waals surface area contributed by atoms with Crippen LogP contribution in [0.1, 0.15) is 61.6 Å². The SMILES string of the molecule is Cc1c(C)n(Cc2ccc(-c3ccccc3C(=O)O)cc2)c2ccc(C(=O)NC(C)c3ccc(C(F)(F)F)cc3F)cc12. The molecular weight excluding hydrogens is 560 g/mol. The number of rotatable bonds is 7. The Bertz CT molecular complexity index is 1860. The highest BCUT2D eigenvalue weighted by atomic mass is 19.4. The first kappa shape index (κ1) is 29.6. The van der Waals surface area contributed by atoms with Crippen LogP contribution in [-0.2, 0) is 12.7 Å². The molecule has 0 saturated carbocycles. The van der Waals surface area contributed by atoms with Gasteiger partial charge in [-0.05, 0) is 79.4 Å². The Labute approximate surface area is 245 Å². The van der Waals surface area contributed by atoms with E-state index in [2.05, 4.69) is 9.88 Å². The number of carbonyl (C=O) groups excluding carboxylic acids is 1. The highest BCUT2D eigenvalue weighted by Gasteiger charge is 2.31. The molecule has 1 aromatic heterocycles. The quantitative estimate of drug-likeness (QED) is 0.188. The van der Waals surface area contributed by atoms with E-state index in [1.807, 2.05) is 44.2 Å². The van der Waals surface area contributed by atoms with Gasteiger partial charge in [-0.25, -0.2) is 9.18 Å². The first-order valence-corrected chi connectivity index (χ1v) is 13.5. The van der Waals surface area contributed by atoms with Gasteiger partial charge >= 0.3 is 12.1 Å². The second-order valence-corrected chi connectivity index (χ2v) is 10.5. The lowest BCUT2D eigenvalue weighted by molar-refractivity contribution is -0.137. The van der Waals surface area contributed by atoms with Gasteiger partial charge in [0.25, 0.3) is 5.91 Å². The van der Waals surface area contributed by atoms with Crippen LogP contribution in [0.3, 0.4) is 0 Å². The van der Waals surface area contributed by atoms with Crippen molar-refractivity contribution in [2.24, 2.45) is 0 Å². The summed E-state index contributed by atoms with van der Waals surface area (Å²) in [6.45, 7) is 6.01. The summed E-state index contributed by atoms with van der Waals surface area (Å²) in [5.41, 5.74) is 4.79. The van der Waals surface area contributed by atoms with E-state index in [9.17, 15) is 32.3 Å². The van der Waals surface area contributed by atoms with Crippen molar-refractivity contribution >= 4 is 22.8 Å². The van der Waals surface area contributed by atoms with E-state index in [0.717, 1.165) is 45.4 Å². The summed E-state index contributed by atoms with van der Waals surface area (Å²) in [6, 6.07) is 21.2. The Morgan fingerprint density at radius 2 is 1.63 bits per heavy atom. The highest BCUT2D eigenvalue weighted by Crippen LogP contribution is 2.32. The van der Waals surface area contributed by atoms with Gasteiger partial charge in [0.05, 0.1) is 17.2 Å². The number of aromatic nitrogens is 1. The van der Waals surface area contributed by atoms with Crippen LogP contribution in [0, 0.1) is 19.7 Å². The molecule has 4 aromatic carbocycles. The van der Waals surface area contributed by atoms with Gasteiger partial charge in [0.1, 0.15) is 5.82 Å². The molecule has 43 heavy (non-hydrogen) atoms. The van der Waals surface area contributed by atoms with Crippen LogP contribution in [-0.4, -0.2) is 21.6 Å². The lowest BCUT2D eigenvalue weighted by atomic mass is 9.99. The van der Waals surface area contributed by atoms with Gasteiger partial charge in [-0.15, -0.1) is 0 Å². The van der Waals surface area contributed by atoms with Crippen molar-refractivity contribution in [1.82, 2.24) is 9.88 Å². The molecule has 0 fully saturated rings. The summed E-state index contributed by atoms with van der Waals surface area (Å²) in [4.78, 5) is 24.7. The molecule has 0 spiro atoms. The molecule has 5 rings (SSSR count). The second kappa shape index (κ2) is 11.4. The van der Waals surface area contributed by atoms with Crippen LogP contribution in [0.5, 0.6) is 0 Å². The number of halogens is 4. The molecule has 1 atom stereocenters. The van der Waals surface area contributed by atoms with Gasteiger partial charge in [-0.3, -0.25) is 4.79 Å². The Hall–Kier alpha value is -4.92. The van der Waals surface area contributed by atoms with Crippen LogP contribution >= 0.6 is 0 Å². The second-order valence-electron chi connectivity index (χ2n) is 10.5. The number of carboxylic acid groups (broad SMARTS) is 1. The third-order valence-electron chi connectivity index (χ3n) is 7.81. The molecule has 1 heterocycles. The van der Waals surface area contributed by atoms with Crippen LogP contribution in [0.4, 0.5) is 17.6 Å². The standard InChI is InChI=1S/C34H28F4N2O3/c1-19-21(3)40(18-22-8-10-23(11-9-22)27-6-4-5-7-28(27)33(42)43)31-15-12-24(16-29(19)31)32(41)39-20(2)26-14-13-25(17-30(26)35)34(36,37)38/h4-17,20H,18H2,1-3H3,(H,39,41)(H,42,43). The molecule has 0 aliphatic heterocycles. The fraction of sp³-hybridized carbons (Fsp3) is 0.176. The average Bonchev–Trinajstić information content (AvgIpc) is 3.21. The third-order valence-corrected chi connectivity index (χ3v) is 7.81. The van der Waals surface area contributed by atoms with E-state index < -0.39 is 35.5 Å². The summed E-state index contributed by atoms with van der Waals surface area (Å²) in [6.07, 6.45) is -4.66. The molecular formula is C34H28F4N2O3. The van der Waals surface area contributed by atoms with Crippen molar-refractivity contribution < 1.29 is 32.3 Å². The largest absolute Gasteiger partial charge is 0.478 e. The number of aromatic carboxylic acids is 1. The molecule has 1 unspecified atom stereocenters. The van der Waals surface area contributed by atoms with Gasteiger partial charge in [-0.2, -0.15) is 13.2 Å². The molecule has 0 aliphatic carbocycles. The lowest BCUT2D eigenvalue weighted by Gasteiger charge is -2.17. The number of nitrogens with zero attached hydrogens (tertiary/aromatic N) is 1. The molecule has 2 N–H and O–H groups in total. The molecule has 5 nitrogen and oxygen atoms in total. The van der Waals surface area contributed by atoms with E-state index in [1.54, 1.807) is 36.4 Å². The molecule has 220 valence electrons. The zero-order valence-electron chi connectivity index (χ0n) is 23.6. The number of amides is 1. The topological polar surface area (TPSA) is 71.3 Å². The minimum Gasteiger partial charge on any atom is -0.478 e. The monoisotopic (exact) mass is 588 g/mol. The molecule has 0 bridgehead atoms. The Balaban J connectivity index is 1.36. The van der Waals surface area contributed by atoms with Crippen molar-refractivity contribution in [1.29, 1.82) is 0 Å². The zero-order chi connectivity index (χ0) is 31.1. The Morgan fingerprint density at radius 3 is 2.28 bits per heavy atom. The number of carboxylic acids is 1. The van der Waals surface area contributed by atoms with Crippen LogP contribution in [0.25, 0.3) is 22.0 Å². The molecule has 0 radical (unpaired) electrons. The fourth-order valence-corrected chi connectivity index (χ4v) is 5.30. The number of aryl methyl sites for hydroxylation is 1. The minimum absolute atomic E-state index is 0.0435. The van der Waals surface area contributed by atoms with E-state index in [1.165, 1.54) is 6.92 Å². The maximum atomic E-state index is 14.5. The number of alkyl halides is 3. The van der Waals surface area contributed by atoms with E-state index in [0.29, 0.717) is 23.7 Å². The van der Waals surface area contributed by atoms with E-state index in [4.69, 9.17) is 0 Å². The average molecular weight is 589 g/mol. The van der Waals surface area contributed by atoms with Crippen LogP contribution in [0.15, 0.2) is 84.9 Å². The molecule has 9 heteroatoms. The molecule has 0 saturated heterocycles. The number of carbonyl (C=O) groups is 2. The number of benzene rings is 4. The van der Waals surface area contributed by atoms with Gasteiger partial charge in [0.2, 0.25) is 0 Å².